The van der Waals surface area contributed by atoms with Crippen molar-refractivity contribution in [2.45, 2.75) is 0 Å². The fourth-order valence-corrected chi connectivity index (χ4v) is 8.38. The first-order chi connectivity index (χ1) is 27.7. The Hall–Kier alpha value is -7.63. The highest BCUT2D eigenvalue weighted by Crippen LogP contribution is 2.43. The number of para-hydroxylation sites is 3. The molecule has 0 bridgehead atoms. The van der Waals surface area contributed by atoms with Gasteiger partial charge in [0.2, 0.25) is 0 Å². The molecule has 8 aromatic carbocycles. The van der Waals surface area contributed by atoms with Gasteiger partial charge in [-0.2, -0.15) is 0 Å². The molecular formula is C51H29N3O2. The Kier molecular flexibility index (Phi) is 6.56. The average molecular weight is 716 g/mol. The second-order valence-corrected chi connectivity index (χ2v) is 14.3. The van der Waals surface area contributed by atoms with Crippen molar-refractivity contribution in [2.24, 2.45) is 0 Å². The lowest BCUT2D eigenvalue weighted by Crippen LogP contribution is -1.96. The second-order valence-electron chi connectivity index (χ2n) is 14.3. The van der Waals surface area contributed by atoms with Gasteiger partial charge in [-0.3, -0.25) is 0 Å². The van der Waals surface area contributed by atoms with Gasteiger partial charge in [0.25, 0.3) is 0 Å². The van der Waals surface area contributed by atoms with Crippen molar-refractivity contribution in [1.82, 2.24) is 15.0 Å². The van der Waals surface area contributed by atoms with Crippen molar-refractivity contribution < 1.29 is 8.83 Å². The summed E-state index contributed by atoms with van der Waals surface area (Å²) in [6.45, 7) is 0. The highest BCUT2D eigenvalue weighted by Gasteiger charge is 2.20. The summed E-state index contributed by atoms with van der Waals surface area (Å²) in [4.78, 5) is 15.5. The highest BCUT2D eigenvalue weighted by atomic mass is 16.3. The quantitative estimate of drug-likeness (QED) is 0.170. The van der Waals surface area contributed by atoms with Crippen LogP contribution in [0, 0.1) is 0 Å². The Labute approximate surface area is 320 Å². The van der Waals surface area contributed by atoms with Gasteiger partial charge >= 0.3 is 0 Å². The molecule has 0 aliphatic heterocycles. The van der Waals surface area contributed by atoms with Crippen LogP contribution in [0.4, 0.5) is 0 Å². The van der Waals surface area contributed by atoms with E-state index in [0.717, 1.165) is 105 Å². The number of nitrogens with zero attached hydrogens (tertiary/aromatic N) is 3. The van der Waals surface area contributed by atoms with E-state index in [-0.39, 0.29) is 0 Å². The van der Waals surface area contributed by atoms with E-state index >= 15 is 0 Å². The number of furan rings is 2. The van der Waals surface area contributed by atoms with Crippen LogP contribution in [0.15, 0.2) is 185 Å². The zero-order valence-electron chi connectivity index (χ0n) is 29.9. The van der Waals surface area contributed by atoms with Gasteiger partial charge in [0, 0.05) is 60.0 Å². The minimum absolute atomic E-state index is 0.648. The molecule has 0 saturated carbocycles. The van der Waals surface area contributed by atoms with Crippen molar-refractivity contribution >= 4 is 76.3 Å². The Morgan fingerprint density at radius 3 is 1.98 bits per heavy atom. The Morgan fingerprint density at radius 2 is 1.05 bits per heavy atom. The maximum Gasteiger partial charge on any atom is 0.160 e. The molecule has 0 atom stereocenters. The highest BCUT2D eigenvalue weighted by molar-refractivity contribution is 6.25. The molecule has 0 radical (unpaired) electrons. The summed E-state index contributed by atoms with van der Waals surface area (Å²) in [6, 6.07) is 60.7. The molecule has 56 heavy (non-hydrogen) atoms. The summed E-state index contributed by atoms with van der Waals surface area (Å²) in [7, 11) is 0. The smallest absolute Gasteiger partial charge is 0.160 e. The zero-order chi connectivity index (χ0) is 36.7. The molecule has 4 heterocycles. The van der Waals surface area contributed by atoms with Gasteiger partial charge in [-0.15, -0.1) is 0 Å². The minimum atomic E-state index is 0.648. The van der Waals surface area contributed by atoms with E-state index in [1.54, 1.807) is 0 Å². The van der Waals surface area contributed by atoms with Crippen LogP contribution in [-0.2, 0) is 0 Å². The third-order valence-electron chi connectivity index (χ3n) is 11.1. The monoisotopic (exact) mass is 715 g/mol. The largest absolute Gasteiger partial charge is 0.455 e. The van der Waals surface area contributed by atoms with Gasteiger partial charge in [0.15, 0.2) is 5.82 Å². The molecule has 0 saturated heterocycles. The lowest BCUT2D eigenvalue weighted by molar-refractivity contribution is 0.670. The number of pyridine rings is 1. The summed E-state index contributed by atoms with van der Waals surface area (Å²) in [5.41, 5.74) is 10.7. The average Bonchev–Trinajstić information content (AvgIpc) is 3.84. The summed E-state index contributed by atoms with van der Waals surface area (Å²) in [5, 5.41) is 9.77. The van der Waals surface area contributed by atoms with Gasteiger partial charge in [0.05, 0.1) is 22.6 Å². The molecule has 260 valence electrons. The summed E-state index contributed by atoms with van der Waals surface area (Å²) < 4.78 is 13.3. The van der Waals surface area contributed by atoms with Crippen molar-refractivity contribution in [3.8, 4) is 45.2 Å². The van der Waals surface area contributed by atoms with E-state index < -0.39 is 0 Å². The fraction of sp³-hybridized carbons (Fsp3) is 0. The number of hydrogen-bond acceptors (Lipinski definition) is 5. The molecule has 12 aromatic rings. The maximum atomic E-state index is 6.82. The topological polar surface area (TPSA) is 65.0 Å². The molecule has 0 N–H and O–H groups in total. The van der Waals surface area contributed by atoms with Gasteiger partial charge in [-0.25, -0.2) is 15.0 Å². The Morgan fingerprint density at radius 1 is 0.357 bits per heavy atom. The molecule has 5 heteroatoms. The Balaban J connectivity index is 1.07. The maximum absolute atomic E-state index is 6.82. The molecule has 12 rings (SSSR count). The van der Waals surface area contributed by atoms with Gasteiger partial charge in [-0.05, 0) is 65.4 Å². The first kappa shape index (κ1) is 30.8. The molecule has 0 spiro atoms. The van der Waals surface area contributed by atoms with Crippen LogP contribution in [0.5, 0.6) is 0 Å². The summed E-state index contributed by atoms with van der Waals surface area (Å²) in [6.07, 6.45) is 0. The van der Waals surface area contributed by atoms with E-state index in [4.69, 9.17) is 23.8 Å². The molecule has 5 nitrogen and oxygen atoms in total. The molecule has 0 aliphatic rings. The van der Waals surface area contributed by atoms with Crippen LogP contribution in [0.3, 0.4) is 0 Å². The van der Waals surface area contributed by atoms with Crippen molar-refractivity contribution in [2.75, 3.05) is 0 Å². The predicted molar refractivity (Wildman–Crippen MR) is 229 cm³/mol. The predicted octanol–water partition coefficient (Wildman–Crippen LogP) is 13.8. The van der Waals surface area contributed by atoms with Crippen LogP contribution >= 0.6 is 0 Å². The van der Waals surface area contributed by atoms with Crippen LogP contribution in [0.2, 0.25) is 0 Å². The lowest BCUT2D eigenvalue weighted by atomic mass is 9.96. The number of rotatable bonds is 4. The van der Waals surface area contributed by atoms with Crippen LogP contribution in [0.25, 0.3) is 121 Å². The zero-order valence-corrected chi connectivity index (χ0v) is 29.9. The Bertz CT molecular complexity index is 3550. The molecule has 0 amide bonds. The SMILES string of the molecule is c1ccc(-c2nc(-c3ccc4oc5c(ccc6c(-c7ccc8ccccc8c7)nc7ccccc7c65)c4c3)cc(-c3cccc4c3oc3ccccc34)n2)cc1. The molecular weight excluding hydrogens is 687 g/mol. The van der Waals surface area contributed by atoms with Crippen molar-refractivity contribution in [3.63, 3.8) is 0 Å². The number of fused-ring (bicyclic) bond motifs is 11. The third kappa shape index (κ3) is 4.71. The number of aromatic nitrogens is 3. The van der Waals surface area contributed by atoms with Gasteiger partial charge < -0.3 is 8.83 Å². The standard InChI is InChI=1S/C51H29N3O2/c1-2-12-31(13-3-1)51-53-43(29-44(54-51)39-18-10-17-36-35-15-7-9-20-45(35)55-49(36)39)33-23-26-46-41(28-33)37-24-25-40-47(50(37)56-46)38-16-6-8-19-42(38)52-48(40)34-22-21-30-11-4-5-14-32(30)27-34/h1-29H. The first-order valence-electron chi connectivity index (χ1n) is 18.8. The van der Waals surface area contributed by atoms with Crippen molar-refractivity contribution in [3.05, 3.63) is 176 Å². The van der Waals surface area contributed by atoms with Gasteiger partial charge in [0.1, 0.15) is 22.3 Å². The van der Waals surface area contributed by atoms with Crippen molar-refractivity contribution in [1.29, 1.82) is 0 Å². The van der Waals surface area contributed by atoms with Crippen LogP contribution < -0.4 is 0 Å². The normalized spacial score (nSPS) is 11.9. The number of benzene rings is 8. The molecule has 0 aliphatic carbocycles. The van der Waals surface area contributed by atoms with Gasteiger partial charge in [-0.1, -0.05) is 121 Å². The molecule has 0 unspecified atom stereocenters. The van der Waals surface area contributed by atoms with E-state index in [1.807, 2.05) is 54.6 Å². The number of hydrogen-bond donors (Lipinski definition) is 0. The van der Waals surface area contributed by atoms with E-state index in [9.17, 15) is 0 Å². The van der Waals surface area contributed by atoms with Crippen LogP contribution in [0.1, 0.15) is 0 Å². The summed E-state index contributed by atoms with van der Waals surface area (Å²) in [5.74, 6) is 0.648. The molecule has 0 fully saturated rings. The van der Waals surface area contributed by atoms with Crippen LogP contribution in [-0.4, -0.2) is 15.0 Å². The third-order valence-corrected chi connectivity index (χ3v) is 11.1. The second kappa shape index (κ2) is 11.9. The fourth-order valence-electron chi connectivity index (χ4n) is 8.38. The summed E-state index contributed by atoms with van der Waals surface area (Å²) >= 11 is 0. The van der Waals surface area contributed by atoms with E-state index in [1.165, 1.54) is 10.8 Å². The molecule has 4 aromatic heterocycles. The lowest BCUT2D eigenvalue weighted by Gasteiger charge is -2.11. The minimum Gasteiger partial charge on any atom is -0.455 e. The van der Waals surface area contributed by atoms with E-state index in [0.29, 0.717) is 5.82 Å². The first-order valence-corrected chi connectivity index (χ1v) is 18.8. The van der Waals surface area contributed by atoms with E-state index in [2.05, 4.69) is 121 Å².